The fraction of sp³-hybridized carbons (Fsp3) is 0.400. The number of hydrogen-bond acceptors (Lipinski definition) is 4. The van der Waals surface area contributed by atoms with Crippen molar-refractivity contribution in [3.63, 3.8) is 0 Å². The van der Waals surface area contributed by atoms with Gasteiger partial charge in [0.25, 0.3) is 0 Å². The topological polar surface area (TPSA) is 78.5 Å². The Morgan fingerprint density at radius 3 is 2.11 bits per heavy atom. The summed E-state index contributed by atoms with van der Waals surface area (Å²) in [4.78, 5) is 0.184. The van der Waals surface area contributed by atoms with Crippen molar-refractivity contribution < 1.29 is 17.2 Å². The first-order valence-electron chi connectivity index (χ1n) is 8.73. The number of hydrogen-bond donors (Lipinski definition) is 1. The Hall–Kier alpha value is -1.38. The monoisotopic (exact) mass is 409 g/mol. The van der Waals surface area contributed by atoms with Gasteiger partial charge in [-0.1, -0.05) is 48.0 Å². The third-order valence-corrected chi connectivity index (χ3v) is 6.90. The Bertz CT molecular complexity index is 831. The molecule has 0 aliphatic carbocycles. The lowest BCUT2D eigenvalue weighted by molar-refractivity contribution is 0.174. The molecule has 7 heteroatoms. The third-order valence-electron chi connectivity index (χ3n) is 3.95. The van der Waals surface area contributed by atoms with Crippen molar-refractivity contribution in [2.24, 2.45) is 0 Å². The van der Waals surface area contributed by atoms with Crippen LogP contribution in [0.3, 0.4) is 0 Å². The molecule has 2 rings (SSSR count). The van der Waals surface area contributed by atoms with Crippen LogP contribution in [0.15, 0.2) is 59.5 Å². The molecule has 0 bridgehead atoms. The van der Waals surface area contributed by atoms with Crippen LogP contribution >= 0.6 is 0 Å². The Morgan fingerprint density at radius 1 is 1.04 bits per heavy atom. The number of nitrogens with one attached hydrogen (secondary N) is 1. The summed E-state index contributed by atoms with van der Waals surface area (Å²) in [6.45, 7) is 9.04. The minimum Gasteiger partial charge on any atom is -0.585 e. The highest BCUT2D eigenvalue weighted by Crippen LogP contribution is 2.29. The second kappa shape index (κ2) is 8.75. The average molecular weight is 410 g/mol. The molecule has 0 aliphatic rings. The highest BCUT2D eigenvalue weighted by Gasteiger charge is 2.36. The highest BCUT2D eigenvalue weighted by molar-refractivity contribution is 7.89. The quantitative estimate of drug-likeness (QED) is 0.704. The van der Waals surface area contributed by atoms with Crippen LogP contribution in [-0.2, 0) is 25.7 Å². The van der Waals surface area contributed by atoms with E-state index >= 15 is 0 Å². The third kappa shape index (κ3) is 6.05. The lowest BCUT2D eigenvalue weighted by Gasteiger charge is -2.29. The van der Waals surface area contributed by atoms with Gasteiger partial charge in [0, 0.05) is 0 Å². The van der Waals surface area contributed by atoms with E-state index in [1.54, 1.807) is 31.2 Å². The summed E-state index contributed by atoms with van der Waals surface area (Å²) in [6.07, 6.45) is -0.688. The van der Waals surface area contributed by atoms with Crippen molar-refractivity contribution in [2.45, 2.75) is 56.4 Å². The molecule has 2 aromatic carbocycles. The Kier molecular flexibility index (Phi) is 7.10. The Morgan fingerprint density at radius 2 is 1.59 bits per heavy atom. The van der Waals surface area contributed by atoms with Crippen LogP contribution < -0.4 is 4.72 Å². The van der Waals surface area contributed by atoms with E-state index in [1.165, 1.54) is 0 Å². The van der Waals surface area contributed by atoms with Crippen LogP contribution in [0.5, 0.6) is 0 Å². The molecule has 0 saturated heterocycles. The van der Waals surface area contributed by atoms with Gasteiger partial charge in [0.1, 0.15) is 11.5 Å². The number of benzene rings is 2. The number of rotatable bonds is 7. The smallest absolute Gasteiger partial charge is 0.240 e. The van der Waals surface area contributed by atoms with Gasteiger partial charge in [0.2, 0.25) is 10.0 Å². The van der Waals surface area contributed by atoms with E-state index in [0.717, 1.165) is 11.1 Å². The predicted molar refractivity (Wildman–Crippen MR) is 109 cm³/mol. The maximum atomic E-state index is 12.7. The molecule has 148 valence electrons. The van der Waals surface area contributed by atoms with Gasteiger partial charge in [0.05, 0.1) is 10.9 Å². The molecule has 0 aromatic heterocycles. The van der Waals surface area contributed by atoms with E-state index in [1.807, 2.05) is 58.0 Å². The molecule has 0 fully saturated rings. The van der Waals surface area contributed by atoms with E-state index in [-0.39, 0.29) is 4.90 Å². The van der Waals surface area contributed by atoms with Gasteiger partial charge in [-0.2, -0.15) is 4.18 Å². The fourth-order valence-electron chi connectivity index (χ4n) is 2.40. The molecule has 0 amide bonds. The van der Waals surface area contributed by atoms with E-state index in [0.29, 0.717) is 0 Å². The maximum Gasteiger partial charge on any atom is 0.240 e. The molecular weight excluding hydrogens is 382 g/mol. The Balaban J connectivity index is 2.28. The molecule has 3 atom stereocenters. The first-order valence-corrected chi connectivity index (χ1v) is 11.3. The van der Waals surface area contributed by atoms with Gasteiger partial charge in [-0.05, 0) is 52.3 Å². The van der Waals surface area contributed by atoms with Gasteiger partial charge >= 0.3 is 0 Å². The van der Waals surface area contributed by atoms with Crippen LogP contribution in [0.1, 0.15) is 44.9 Å². The first kappa shape index (κ1) is 21.9. The van der Waals surface area contributed by atoms with Crippen LogP contribution in [0.25, 0.3) is 0 Å². The summed E-state index contributed by atoms with van der Waals surface area (Å²) in [6, 6.07) is 15.2. The van der Waals surface area contributed by atoms with Crippen molar-refractivity contribution in [1.82, 2.24) is 4.72 Å². The second-order valence-electron chi connectivity index (χ2n) is 7.50. The SMILES string of the molecule is Cc1ccc(S(=O)(=O)N[C@H](C)[C@@H](O[S+]([O-])C(C)(C)C)c2ccccc2)cc1. The van der Waals surface area contributed by atoms with Gasteiger partial charge in [0.15, 0.2) is 10.9 Å². The lowest BCUT2D eigenvalue weighted by Crippen LogP contribution is -2.41. The number of aryl methyl sites for hydroxylation is 1. The van der Waals surface area contributed by atoms with Crippen LogP contribution in [0.4, 0.5) is 0 Å². The van der Waals surface area contributed by atoms with Crippen molar-refractivity contribution in [2.75, 3.05) is 0 Å². The summed E-state index contributed by atoms with van der Waals surface area (Å²) in [5.74, 6) is 0. The maximum absolute atomic E-state index is 12.7. The lowest BCUT2D eigenvalue weighted by atomic mass is 10.0. The zero-order valence-corrected chi connectivity index (χ0v) is 17.9. The minimum atomic E-state index is -3.73. The summed E-state index contributed by atoms with van der Waals surface area (Å²) in [5, 5.41) is 0. The van der Waals surface area contributed by atoms with Crippen LogP contribution in [-0.4, -0.2) is 23.8 Å². The van der Waals surface area contributed by atoms with Crippen molar-refractivity contribution in [1.29, 1.82) is 0 Å². The van der Waals surface area contributed by atoms with E-state index in [4.69, 9.17) is 4.18 Å². The molecule has 0 saturated carbocycles. The summed E-state index contributed by atoms with van der Waals surface area (Å²) in [5.41, 5.74) is 1.74. The van der Waals surface area contributed by atoms with Crippen molar-refractivity contribution in [3.05, 3.63) is 65.7 Å². The Labute approximate surface area is 165 Å². The molecule has 0 spiro atoms. The average Bonchev–Trinajstić information content (AvgIpc) is 2.59. The highest BCUT2D eigenvalue weighted by atomic mass is 32.2. The van der Waals surface area contributed by atoms with Crippen molar-refractivity contribution in [3.8, 4) is 0 Å². The molecule has 27 heavy (non-hydrogen) atoms. The fourth-order valence-corrected chi connectivity index (χ4v) is 4.40. The molecule has 1 N–H and O–H groups in total. The summed E-state index contributed by atoms with van der Waals surface area (Å²) < 4.78 is 45.9. The molecule has 0 radical (unpaired) electrons. The molecule has 1 unspecified atom stereocenters. The van der Waals surface area contributed by atoms with Gasteiger partial charge in [-0.3, -0.25) is 0 Å². The molecule has 0 heterocycles. The second-order valence-corrected chi connectivity index (χ2v) is 11.1. The zero-order valence-electron chi connectivity index (χ0n) is 16.3. The molecule has 2 aromatic rings. The normalized spacial score (nSPS) is 15.9. The predicted octanol–water partition coefficient (Wildman–Crippen LogP) is 3.88. The zero-order chi connectivity index (χ0) is 20.2. The molecular formula is C20H27NO4S2. The van der Waals surface area contributed by atoms with E-state index < -0.39 is 38.4 Å². The van der Waals surface area contributed by atoms with E-state index in [2.05, 4.69) is 4.72 Å². The molecule has 5 nitrogen and oxygen atoms in total. The van der Waals surface area contributed by atoms with Gasteiger partial charge in [-0.15, -0.1) is 0 Å². The van der Waals surface area contributed by atoms with Crippen molar-refractivity contribution >= 4 is 21.5 Å². The van der Waals surface area contributed by atoms with Crippen LogP contribution in [0.2, 0.25) is 0 Å². The van der Waals surface area contributed by atoms with E-state index in [9.17, 15) is 13.0 Å². The van der Waals surface area contributed by atoms with Gasteiger partial charge in [-0.25, -0.2) is 13.1 Å². The minimum absolute atomic E-state index is 0.184. The summed E-state index contributed by atoms with van der Waals surface area (Å²) in [7, 11) is -3.73. The van der Waals surface area contributed by atoms with Gasteiger partial charge < -0.3 is 4.55 Å². The molecule has 0 aliphatic heterocycles. The summed E-state index contributed by atoms with van der Waals surface area (Å²) >= 11 is -1.60. The largest absolute Gasteiger partial charge is 0.585 e. The first-order chi connectivity index (χ1) is 12.5. The van der Waals surface area contributed by atoms with Crippen LogP contribution in [0, 0.1) is 6.92 Å². The number of sulfonamides is 1. The standard InChI is InChI=1S/C20H27NO4S2/c1-15-11-13-18(14-12-15)27(23,24)21-16(2)19(17-9-7-6-8-10-17)25-26(22)20(3,4)5/h6-14,16,19,21H,1-5H3/t16-,19-,26?/m1/s1.